The molecule has 2 rings (SSSR count). The van der Waals surface area contributed by atoms with E-state index in [4.69, 9.17) is 5.11 Å². The molecule has 20 heavy (non-hydrogen) atoms. The molecule has 2 amide bonds. The molecule has 1 aliphatic carbocycles. The molecule has 112 valence electrons. The maximum atomic E-state index is 12.2. The highest BCUT2D eigenvalue weighted by Gasteiger charge is 2.41. The van der Waals surface area contributed by atoms with Crippen LogP contribution in [0.4, 0.5) is 0 Å². The third-order valence-electron chi connectivity index (χ3n) is 4.27. The number of amides is 2. The molecule has 2 aliphatic rings. The fourth-order valence-electron chi connectivity index (χ4n) is 2.53. The Bertz CT molecular complexity index is 419. The van der Waals surface area contributed by atoms with E-state index in [1.807, 2.05) is 0 Å². The number of carboxylic acid groups (broad SMARTS) is 1. The minimum absolute atomic E-state index is 0.0848. The molecule has 1 heterocycles. The van der Waals surface area contributed by atoms with Crippen LogP contribution in [0, 0.1) is 11.8 Å². The van der Waals surface area contributed by atoms with Crippen molar-refractivity contribution in [2.75, 3.05) is 6.54 Å². The first kappa shape index (κ1) is 14.8. The predicted octanol–water partition coefficient (Wildman–Crippen LogP) is 0.613. The highest BCUT2D eigenvalue weighted by molar-refractivity contribution is 5.90. The van der Waals surface area contributed by atoms with Crippen molar-refractivity contribution >= 4 is 17.8 Å². The van der Waals surface area contributed by atoms with E-state index in [0.29, 0.717) is 13.0 Å². The molecule has 0 radical (unpaired) electrons. The van der Waals surface area contributed by atoms with E-state index in [1.165, 1.54) is 0 Å². The van der Waals surface area contributed by atoms with Gasteiger partial charge < -0.3 is 15.3 Å². The second-order valence-corrected chi connectivity index (χ2v) is 5.89. The Labute approximate surface area is 118 Å². The first-order valence-electron chi connectivity index (χ1n) is 7.25. The molecule has 0 aromatic heterocycles. The minimum atomic E-state index is -0.935. The molecule has 3 unspecified atom stereocenters. The van der Waals surface area contributed by atoms with Crippen molar-refractivity contribution < 1.29 is 19.5 Å². The largest absolute Gasteiger partial charge is 0.481 e. The van der Waals surface area contributed by atoms with Gasteiger partial charge in [0.1, 0.15) is 6.04 Å². The van der Waals surface area contributed by atoms with E-state index in [0.717, 1.165) is 19.3 Å². The molecule has 2 fully saturated rings. The van der Waals surface area contributed by atoms with Gasteiger partial charge in [0, 0.05) is 18.5 Å². The van der Waals surface area contributed by atoms with Gasteiger partial charge in [-0.1, -0.05) is 0 Å². The highest BCUT2D eigenvalue weighted by atomic mass is 16.4. The van der Waals surface area contributed by atoms with Crippen LogP contribution in [0.1, 0.15) is 39.5 Å². The van der Waals surface area contributed by atoms with E-state index in [9.17, 15) is 14.4 Å². The molecule has 0 bridgehead atoms. The second-order valence-electron chi connectivity index (χ2n) is 5.89. The molecule has 6 heteroatoms. The normalized spacial score (nSPS) is 25.1. The van der Waals surface area contributed by atoms with Gasteiger partial charge in [0.25, 0.3) is 0 Å². The summed E-state index contributed by atoms with van der Waals surface area (Å²) in [6.45, 7) is 3.88. The van der Waals surface area contributed by atoms with Crippen LogP contribution in [0.5, 0.6) is 0 Å². The van der Waals surface area contributed by atoms with Crippen LogP contribution in [-0.4, -0.2) is 46.4 Å². The molecule has 1 saturated carbocycles. The van der Waals surface area contributed by atoms with Crippen LogP contribution in [0.3, 0.4) is 0 Å². The third kappa shape index (κ3) is 3.11. The van der Waals surface area contributed by atoms with Crippen LogP contribution in [-0.2, 0) is 14.4 Å². The highest BCUT2D eigenvalue weighted by Crippen LogP contribution is 2.33. The number of hydrogen-bond acceptors (Lipinski definition) is 3. The zero-order valence-corrected chi connectivity index (χ0v) is 12.0. The number of aliphatic carboxylic acids is 1. The van der Waals surface area contributed by atoms with E-state index in [-0.39, 0.29) is 17.7 Å². The van der Waals surface area contributed by atoms with Crippen molar-refractivity contribution in [2.24, 2.45) is 11.8 Å². The van der Waals surface area contributed by atoms with Gasteiger partial charge in [0.05, 0.1) is 5.92 Å². The Hall–Kier alpha value is -1.59. The van der Waals surface area contributed by atoms with Crippen LogP contribution >= 0.6 is 0 Å². The van der Waals surface area contributed by atoms with Crippen molar-refractivity contribution in [2.45, 2.75) is 51.6 Å². The molecular formula is C14H22N2O4. The fourth-order valence-corrected chi connectivity index (χ4v) is 2.53. The summed E-state index contributed by atoms with van der Waals surface area (Å²) in [6.07, 6.45) is 3.35. The summed E-state index contributed by atoms with van der Waals surface area (Å²) in [5.41, 5.74) is 0. The number of nitrogens with zero attached hydrogens (tertiary/aromatic N) is 1. The summed E-state index contributed by atoms with van der Waals surface area (Å²) in [4.78, 5) is 36.9. The van der Waals surface area contributed by atoms with Crippen LogP contribution in [0.2, 0.25) is 0 Å². The van der Waals surface area contributed by atoms with Crippen molar-refractivity contribution in [3.63, 3.8) is 0 Å². The standard InChI is InChI=1S/C14H22N2O4/c1-8(14(19)20)9(2)15-12(17)11-4-3-7-16(11)13(18)10-5-6-10/h8-11H,3-7H2,1-2H3,(H,15,17)(H,19,20). The molecule has 0 aromatic rings. The minimum Gasteiger partial charge on any atom is -0.481 e. The summed E-state index contributed by atoms with van der Waals surface area (Å²) in [7, 11) is 0. The summed E-state index contributed by atoms with van der Waals surface area (Å²) in [5, 5.41) is 11.7. The third-order valence-corrected chi connectivity index (χ3v) is 4.27. The molecule has 0 spiro atoms. The van der Waals surface area contributed by atoms with Crippen molar-refractivity contribution in [1.82, 2.24) is 10.2 Å². The second kappa shape index (κ2) is 5.81. The molecular weight excluding hydrogens is 260 g/mol. The Kier molecular flexibility index (Phi) is 4.30. The lowest BCUT2D eigenvalue weighted by atomic mass is 10.0. The molecule has 6 nitrogen and oxygen atoms in total. The average Bonchev–Trinajstić information content (AvgIpc) is 3.13. The van der Waals surface area contributed by atoms with Gasteiger partial charge in [-0.3, -0.25) is 14.4 Å². The summed E-state index contributed by atoms with van der Waals surface area (Å²) < 4.78 is 0. The lowest BCUT2D eigenvalue weighted by Gasteiger charge is -2.26. The van der Waals surface area contributed by atoms with Gasteiger partial charge in [-0.05, 0) is 39.5 Å². The van der Waals surface area contributed by atoms with E-state index < -0.39 is 24.0 Å². The molecule has 2 N–H and O–H groups in total. The summed E-state index contributed by atoms with van der Waals surface area (Å²) in [5.74, 6) is -1.61. The summed E-state index contributed by atoms with van der Waals surface area (Å²) >= 11 is 0. The van der Waals surface area contributed by atoms with Gasteiger partial charge in [-0.15, -0.1) is 0 Å². The molecule has 1 aliphatic heterocycles. The zero-order valence-electron chi connectivity index (χ0n) is 12.0. The van der Waals surface area contributed by atoms with Crippen LogP contribution in [0.15, 0.2) is 0 Å². The number of carboxylic acids is 1. The van der Waals surface area contributed by atoms with Crippen LogP contribution < -0.4 is 5.32 Å². The first-order chi connectivity index (χ1) is 9.41. The number of nitrogens with one attached hydrogen (secondary N) is 1. The Morgan fingerprint density at radius 1 is 1.20 bits per heavy atom. The maximum absolute atomic E-state index is 12.2. The number of rotatable bonds is 5. The molecule has 1 saturated heterocycles. The van der Waals surface area contributed by atoms with Gasteiger partial charge >= 0.3 is 5.97 Å². The van der Waals surface area contributed by atoms with Crippen molar-refractivity contribution in [3.05, 3.63) is 0 Å². The quantitative estimate of drug-likeness (QED) is 0.773. The number of carbonyl (C=O) groups is 3. The van der Waals surface area contributed by atoms with E-state index in [1.54, 1.807) is 18.7 Å². The van der Waals surface area contributed by atoms with Crippen LogP contribution in [0.25, 0.3) is 0 Å². The zero-order chi connectivity index (χ0) is 14.9. The van der Waals surface area contributed by atoms with E-state index >= 15 is 0 Å². The first-order valence-corrected chi connectivity index (χ1v) is 7.25. The topological polar surface area (TPSA) is 86.7 Å². The van der Waals surface area contributed by atoms with Gasteiger partial charge in [-0.25, -0.2) is 0 Å². The van der Waals surface area contributed by atoms with E-state index in [2.05, 4.69) is 5.32 Å². The monoisotopic (exact) mass is 282 g/mol. The average molecular weight is 282 g/mol. The van der Waals surface area contributed by atoms with Gasteiger partial charge in [0.2, 0.25) is 11.8 Å². The van der Waals surface area contributed by atoms with Gasteiger partial charge in [0.15, 0.2) is 0 Å². The number of likely N-dealkylation sites (tertiary alicyclic amines) is 1. The van der Waals surface area contributed by atoms with Gasteiger partial charge in [-0.2, -0.15) is 0 Å². The lowest BCUT2D eigenvalue weighted by Crippen LogP contribution is -2.50. The maximum Gasteiger partial charge on any atom is 0.308 e. The van der Waals surface area contributed by atoms with Crippen molar-refractivity contribution in [1.29, 1.82) is 0 Å². The smallest absolute Gasteiger partial charge is 0.308 e. The lowest BCUT2D eigenvalue weighted by molar-refractivity contribution is -0.143. The fraction of sp³-hybridized carbons (Fsp3) is 0.786. The number of hydrogen-bond donors (Lipinski definition) is 2. The predicted molar refractivity (Wildman–Crippen MR) is 71.9 cm³/mol. The Morgan fingerprint density at radius 2 is 1.85 bits per heavy atom. The summed E-state index contributed by atoms with van der Waals surface area (Å²) in [6, 6.07) is -0.870. The number of carbonyl (C=O) groups excluding carboxylic acids is 2. The molecule has 0 aromatic carbocycles. The Morgan fingerprint density at radius 3 is 2.40 bits per heavy atom. The van der Waals surface area contributed by atoms with Crippen molar-refractivity contribution in [3.8, 4) is 0 Å². The molecule has 3 atom stereocenters. The SMILES string of the molecule is CC(NC(=O)C1CCCN1C(=O)C1CC1)C(C)C(=O)O. The Balaban J connectivity index is 1.93.